The lowest BCUT2D eigenvalue weighted by Crippen LogP contribution is -2.04. The second kappa shape index (κ2) is 4.84. The van der Waals surface area contributed by atoms with Crippen LogP contribution in [-0.4, -0.2) is 9.38 Å². The summed E-state index contributed by atoms with van der Waals surface area (Å²) in [6, 6.07) is 7.22. The van der Waals surface area contributed by atoms with E-state index in [1.807, 2.05) is 6.33 Å². The molecule has 0 saturated heterocycles. The minimum absolute atomic E-state index is 0.787. The predicted octanol–water partition coefficient (Wildman–Crippen LogP) is 5.02. The summed E-state index contributed by atoms with van der Waals surface area (Å²) in [7, 11) is 0. The van der Waals surface area contributed by atoms with Crippen molar-refractivity contribution in [3.8, 4) is 0 Å². The van der Waals surface area contributed by atoms with Gasteiger partial charge in [-0.25, -0.2) is 4.98 Å². The summed E-state index contributed by atoms with van der Waals surface area (Å²) < 4.78 is 2.32. The Labute approximate surface area is 131 Å². The van der Waals surface area contributed by atoms with Gasteiger partial charge in [0, 0.05) is 11.6 Å². The lowest BCUT2D eigenvalue weighted by molar-refractivity contribution is 0.444. The Kier molecular flexibility index (Phi) is 2.79. The Balaban J connectivity index is 1.75. The third-order valence-electron chi connectivity index (χ3n) is 5.80. The van der Waals surface area contributed by atoms with E-state index in [1.54, 1.807) is 11.1 Å². The zero-order chi connectivity index (χ0) is 14.5. The van der Waals surface area contributed by atoms with Gasteiger partial charge in [-0.3, -0.25) is 4.40 Å². The average molecular weight is 290 g/mol. The van der Waals surface area contributed by atoms with Crippen LogP contribution in [-0.2, 0) is 12.8 Å². The highest BCUT2D eigenvalue weighted by Crippen LogP contribution is 2.38. The van der Waals surface area contributed by atoms with E-state index in [2.05, 4.69) is 33.8 Å². The number of rotatable bonds is 1. The van der Waals surface area contributed by atoms with Crippen LogP contribution in [0.25, 0.3) is 16.4 Å². The zero-order valence-corrected chi connectivity index (χ0v) is 13.0. The van der Waals surface area contributed by atoms with Crippen LogP contribution < -0.4 is 0 Å². The molecule has 0 amide bonds. The molecule has 1 saturated carbocycles. The summed E-state index contributed by atoms with van der Waals surface area (Å²) in [6.45, 7) is 0. The molecular weight excluding hydrogens is 268 g/mol. The van der Waals surface area contributed by atoms with Gasteiger partial charge in [0.1, 0.15) is 0 Å². The third-order valence-corrected chi connectivity index (χ3v) is 5.80. The number of nitrogens with zero attached hydrogens (tertiary/aromatic N) is 2. The van der Waals surface area contributed by atoms with E-state index < -0.39 is 0 Å². The van der Waals surface area contributed by atoms with Crippen molar-refractivity contribution < 1.29 is 0 Å². The molecule has 1 fully saturated rings. The minimum atomic E-state index is 0.787. The van der Waals surface area contributed by atoms with Crippen LogP contribution in [0.5, 0.6) is 0 Å². The fourth-order valence-corrected chi connectivity index (χ4v) is 4.70. The smallest absolute Gasteiger partial charge is 0.0995 e. The van der Waals surface area contributed by atoms with Gasteiger partial charge in [-0.05, 0) is 66.8 Å². The zero-order valence-electron chi connectivity index (χ0n) is 13.0. The van der Waals surface area contributed by atoms with Gasteiger partial charge in [0.15, 0.2) is 0 Å². The largest absolute Gasteiger partial charge is 0.300 e. The number of benzene rings is 1. The highest BCUT2D eigenvalue weighted by molar-refractivity contribution is 5.94. The first-order chi connectivity index (χ1) is 10.9. The molecule has 3 aromatic rings. The van der Waals surface area contributed by atoms with Crippen LogP contribution in [0.1, 0.15) is 61.1 Å². The van der Waals surface area contributed by atoms with E-state index in [4.69, 9.17) is 0 Å². The average Bonchev–Trinajstić information content (AvgIpc) is 2.92. The summed E-state index contributed by atoms with van der Waals surface area (Å²) in [6.07, 6.45) is 14.7. The number of fused-ring (bicyclic) bond motifs is 3. The first-order valence-corrected chi connectivity index (χ1v) is 8.81. The van der Waals surface area contributed by atoms with E-state index in [1.165, 1.54) is 73.3 Å². The molecule has 1 aromatic carbocycles. The standard InChI is InChI=1S/C20H22N2/c1-2-5-14(6-3-1)15-9-10-19-18(11-15)17-8-4-7-16-12-21-13-22(19)20(16)17/h9-14H,1-8H2. The summed E-state index contributed by atoms with van der Waals surface area (Å²) in [4.78, 5) is 4.46. The van der Waals surface area contributed by atoms with Crippen molar-refractivity contribution in [2.45, 2.75) is 57.3 Å². The lowest BCUT2D eigenvalue weighted by Gasteiger charge is -2.22. The Morgan fingerprint density at radius 1 is 1.00 bits per heavy atom. The van der Waals surface area contributed by atoms with Crippen LogP contribution in [0.4, 0.5) is 0 Å². The van der Waals surface area contributed by atoms with Gasteiger partial charge >= 0.3 is 0 Å². The van der Waals surface area contributed by atoms with E-state index in [9.17, 15) is 0 Å². The molecule has 0 aliphatic heterocycles. The number of hydrogen-bond acceptors (Lipinski definition) is 1. The Morgan fingerprint density at radius 3 is 2.82 bits per heavy atom. The fraction of sp³-hybridized carbons (Fsp3) is 0.450. The van der Waals surface area contributed by atoms with Crippen molar-refractivity contribution in [1.29, 1.82) is 0 Å². The molecule has 2 aliphatic rings. The van der Waals surface area contributed by atoms with Gasteiger partial charge in [0.05, 0.1) is 17.4 Å². The molecule has 0 bridgehead atoms. The van der Waals surface area contributed by atoms with Gasteiger partial charge in [0.2, 0.25) is 0 Å². The van der Waals surface area contributed by atoms with Crippen LogP contribution in [0.3, 0.4) is 0 Å². The molecule has 2 nitrogen and oxygen atoms in total. The van der Waals surface area contributed by atoms with Crippen molar-refractivity contribution in [1.82, 2.24) is 9.38 Å². The van der Waals surface area contributed by atoms with Crippen molar-refractivity contribution in [2.75, 3.05) is 0 Å². The van der Waals surface area contributed by atoms with Crippen molar-refractivity contribution in [3.05, 3.63) is 47.4 Å². The molecule has 5 rings (SSSR count). The van der Waals surface area contributed by atoms with E-state index in [0.29, 0.717) is 0 Å². The molecule has 0 spiro atoms. The minimum Gasteiger partial charge on any atom is -0.300 e. The normalized spacial score (nSPS) is 19.1. The topological polar surface area (TPSA) is 17.3 Å². The fourth-order valence-electron chi connectivity index (χ4n) is 4.70. The predicted molar refractivity (Wildman–Crippen MR) is 90.5 cm³/mol. The monoisotopic (exact) mass is 290 g/mol. The summed E-state index contributed by atoms with van der Waals surface area (Å²) >= 11 is 0. The quantitative estimate of drug-likeness (QED) is 0.615. The molecule has 0 radical (unpaired) electrons. The number of aromatic nitrogens is 2. The summed E-state index contributed by atoms with van der Waals surface area (Å²) in [5, 5.41) is 1.48. The molecule has 0 N–H and O–H groups in total. The molecule has 0 atom stereocenters. The highest BCUT2D eigenvalue weighted by atomic mass is 15.0. The molecule has 22 heavy (non-hydrogen) atoms. The van der Waals surface area contributed by atoms with E-state index >= 15 is 0 Å². The summed E-state index contributed by atoms with van der Waals surface area (Å²) in [5.41, 5.74) is 7.35. The first-order valence-electron chi connectivity index (χ1n) is 8.81. The second-order valence-electron chi connectivity index (χ2n) is 7.08. The Hall–Kier alpha value is -1.83. The second-order valence-corrected chi connectivity index (χ2v) is 7.08. The van der Waals surface area contributed by atoms with Crippen molar-refractivity contribution in [3.63, 3.8) is 0 Å². The SMILES string of the molecule is c1cc2c(cc1C1CCCCC1)c1c3c(cncn32)CCC1. The van der Waals surface area contributed by atoms with Gasteiger partial charge in [0.25, 0.3) is 0 Å². The van der Waals surface area contributed by atoms with Gasteiger partial charge in [-0.1, -0.05) is 25.3 Å². The maximum absolute atomic E-state index is 4.46. The van der Waals surface area contributed by atoms with E-state index in [-0.39, 0.29) is 0 Å². The van der Waals surface area contributed by atoms with E-state index in [0.717, 1.165) is 5.92 Å². The van der Waals surface area contributed by atoms with Gasteiger partial charge < -0.3 is 0 Å². The lowest BCUT2D eigenvalue weighted by atomic mass is 9.83. The molecule has 2 aliphatic carbocycles. The van der Waals surface area contributed by atoms with Crippen molar-refractivity contribution >= 4 is 16.4 Å². The first kappa shape index (κ1) is 12.7. The molecule has 112 valence electrons. The van der Waals surface area contributed by atoms with Gasteiger partial charge in [-0.15, -0.1) is 0 Å². The number of aryl methyl sites for hydroxylation is 2. The molecular formula is C20H22N2. The van der Waals surface area contributed by atoms with Crippen LogP contribution in [0, 0.1) is 0 Å². The Morgan fingerprint density at radius 2 is 1.91 bits per heavy atom. The highest BCUT2D eigenvalue weighted by Gasteiger charge is 2.21. The molecule has 2 heteroatoms. The van der Waals surface area contributed by atoms with Crippen LogP contribution in [0.2, 0.25) is 0 Å². The maximum Gasteiger partial charge on any atom is 0.0995 e. The van der Waals surface area contributed by atoms with Gasteiger partial charge in [-0.2, -0.15) is 0 Å². The summed E-state index contributed by atoms with van der Waals surface area (Å²) in [5.74, 6) is 0.787. The Bertz CT molecular complexity index is 853. The van der Waals surface area contributed by atoms with Crippen molar-refractivity contribution in [2.24, 2.45) is 0 Å². The maximum atomic E-state index is 4.46. The van der Waals surface area contributed by atoms with Crippen LogP contribution in [0.15, 0.2) is 30.7 Å². The molecule has 0 unspecified atom stereocenters. The number of hydrogen-bond donors (Lipinski definition) is 0. The third kappa shape index (κ3) is 1.76. The van der Waals surface area contributed by atoms with Crippen LogP contribution >= 0.6 is 0 Å². The molecule has 2 aromatic heterocycles. The molecule has 2 heterocycles.